The van der Waals surface area contributed by atoms with Gasteiger partial charge in [-0.15, -0.1) is 0 Å². The van der Waals surface area contributed by atoms with E-state index in [1.165, 1.54) is 22.6 Å². The van der Waals surface area contributed by atoms with Gasteiger partial charge in [-0.1, -0.05) is 12.8 Å². The van der Waals surface area contributed by atoms with Gasteiger partial charge >= 0.3 is 0 Å². The van der Waals surface area contributed by atoms with Gasteiger partial charge in [0, 0.05) is 31.9 Å². The standard InChI is InChI=1S/C13H21N3O3S/c1-14-13-9-12(6-7-15-13)20(18,19)16-8-4-2-3-5-11(16)10-17/h6-7,9,11,17H,2-5,8,10H2,1H3,(H,14,15). The van der Waals surface area contributed by atoms with E-state index in [2.05, 4.69) is 10.3 Å². The number of aliphatic hydroxyl groups is 1. The van der Waals surface area contributed by atoms with Gasteiger partial charge in [-0.05, 0) is 18.9 Å². The van der Waals surface area contributed by atoms with Crippen molar-refractivity contribution in [2.45, 2.75) is 36.6 Å². The van der Waals surface area contributed by atoms with Crippen LogP contribution in [0.5, 0.6) is 0 Å². The minimum absolute atomic E-state index is 0.136. The molecule has 112 valence electrons. The first-order valence-electron chi connectivity index (χ1n) is 6.86. The Morgan fingerprint density at radius 3 is 2.95 bits per heavy atom. The van der Waals surface area contributed by atoms with Gasteiger partial charge in [-0.2, -0.15) is 4.31 Å². The Kier molecular flexibility index (Phi) is 4.95. The maximum Gasteiger partial charge on any atom is 0.243 e. The zero-order chi connectivity index (χ0) is 14.6. The molecule has 0 saturated carbocycles. The molecule has 2 rings (SSSR count). The van der Waals surface area contributed by atoms with E-state index in [4.69, 9.17) is 0 Å². The molecule has 1 aromatic heterocycles. The summed E-state index contributed by atoms with van der Waals surface area (Å²) >= 11 is 0. The van der Waals surface area contributed by atoms with E-state index >= 15 is 0 Å². The third-order valence-corrected chi connectivity index (χ3v) is 5.58. The Labute approximate surface area is 119 Å². The molecule has 1 aromatic rings. The van der Waals surface area contributed by atoms with Crippen LogP contribution < -0.4 is 5.32 Å². The Bertz CT molecular complexity index is 548. The first kappa shape index (κ1) is 15.2. The quantitative estimate of drug-likeness (QED) is 0.868. The molecule has 1 atom stereocenters. The smallest absolute Gasteiger partial charge is 0.243 e. The second-order valence-corrected chi connectivity index (χ2v) is 6.82. The highest BCUT2D eigenvalue weighted by Crippen LogP contribution is 2.25. The van der Waals surface area contributed by atoms with Crippen LogP contribution in [0, 0.1) is 0 Å². The van der Waals surface area contributed by atoms with E-state index in [9.17, 15) is 13.5 Å². The highest BCUT2D eigenvalue weighted by Gasteiger charge is 2.32. The zero-order valence-corrected chi connectivity index (χ0v) is 12.4. The number of pyridine rings is 1. The number of nitrogens with one attached hydrogen (secondary N) is 1. The summed E-state index contributed by atoms with van der Waals surface area (Å²) < 4.78 is 26.9. The lowest BCUT2D eigenvalue weighted by Gasteiger charge is -2.27. The van der Waals surface area contributed by atoms with E-state index in [1.807, 2.05) is 0 Å². The number of nitrogens with zero attached hydrogens (tertiary/aromatic N) is 2. The molecule has 0 aliphatic carbocycles. The van der Waals surface area contributed by atoms with E-state index in [-0.39, 0.29) is 17.5 Å². The zero-order valence-electron chi connectivity index (χ0n) is 11.6. The number of anilines is 1. The van der Waals surface area contributed by atoms with Crippen molar-refractivity contribution in [3.63, 3.8) is 0 Å². The van der Waals surface area contributed by atoms with Gasteiger partial charge in [0.1, 0.15) is 5.82 Å². The van der Waals surface area contributed by atoms with Crippen LogP contribution in [0.1, 0.15) is 25.7 Å². The van der Waals surface area contributed by atoms with Crippen molar-refractivity contribution in [1.82, 2.24) is 9.29 Å². The second-order valence-electron chi connectivity index (χ2n) is 4.93. The summed E-state index contributed by atoms with van der Waals surface area (Å²) in [6.07, 6.45) is 4.97. The number of aliphatic hydroxyl groups excluding tert-OH is 1. The highest BCUT2D eigenvalue weighted by atomic mass is 32.2. The van der Waals surface area contributed by atoms with Crippen molar-refractivity contribution in [2.24, 2.45) is 0 Å². The molecule has 1 aliphatic heterocycles. The van der Waals surface area contributed by atoms with Crippen LogP contribution in [0.2, 0.25) is 0 Å². The van der Waals surface area contributed by atoms with Gasteiger partial charge in [0.05, 0.1) is 11.5 Å². The Morgan fingerprint density at radius 2 is 2.25 bits per heavy atom. The molecule has 1 unspecified atom stereocenters. The predicted molar refractivity (Wildman–Crippen MR) is 77.0 cm³/mol. The maximum atomic E-state index is 12.7. The molecule has 0 amide bonds. The van der Waals surface area contributed by atoms with E-state index in [0.717, 1.165) is 19.3 Å². The van der Waals surface area contributed by atoms with Crippen LogP contribution >= 0.6 is 0 Å². The fraction of sp³-hybridized carbons (Fsp3) is 0.615. The summed E-state index contributed by atoms with van der Waals surface area (Å²) in [6, 6.07) is 2.69. The first-order chi connectivity index (χ1) is 9.59. The van der Waals surface area contributed by atoms with Crippen molar-refractivity contribution in [3.05, 3.63) is 18.3 Å². The minimum Gasteiger partial charge on any atom is -0.395 e. The van der Waals surface area contributed by atoms with Gasteiger partial charge in [0.25, 0.3) is 0 Å². The Morgan fingerprint density at radius 1 is 1.45 bits per heavy atom. The number of aromatic nitrogens is 1. The number of hydrogen-bond acceptors (Lipinski definition) is 5. The molecule has 6 nitrogen and oxygen atoms in total. The summed E-state index contributed by atoms with van der Waals surface area (Å²) in [7, 11) is -1.89. The third kappa shape index (κ3) is 3.11. The summed E-state index contributed by atoms with van der Waals surface area (Å²) in [4.78, 5) is 4.25. The highest BCUT2D eigenvalue weighted by molar-refractivity contribution is 7.89. The lowest BCUT2D eigenvalue weighted by molar-refractivity contribution is 0.186. The van der Waals surface area contributed by atoms with Crippen molar-refractivity contribution in [1.29, 1.82) is 0 Å². The molecular formula is C13H21N3O3S. The van der Waals surface area contributed by atoms with Gasteiger partial charge in [-0.25, -0.2) is 13.4 Å². The van der Waals surface area contributed by atoms with Crippen LogP contribution in [0.15, 0.2) is 23.2 Å². The lowest BCUT2D eigenvalue weighted by atomic mass is 10.1. The van der Waals surface area contributed by atoms with Crippen molar-refractivity contribution >= 4 is 15.8 Å². The van der Waals surface area contributed by atoms with Crippen molar-refractivity contribution in [3.8, 4) is 0 Å². The average Bonchev–Trinajstić information content (AvgIpc) is 2.72. The molecule has 2 heterocycles. The first-order valence-corrected chi connectivity index (χ1v) is 8.30. The third-order valence-electron chi connectivity index (χ3n) is 3.63. The van der Waals surface area contributed by atoms with Crippen LogP contribution in [0.4, 0.5) is 5.82 Å². The van der Waals surface area contributed by atoms with E-state index in [0.29, 0.717) is 18.8 Å². The van der Waals surface area contributed by atoms with Crippen molar-refractivity contribution in [2.75, 3.05) is 25.5 Å². The largest absolute Gasteiger partial charge is 0.395 e. The Hall–Kier alpha value is -1.18. The molecule has 0 aromatic carbocycles. The molecule has 1 aliphatic rings. The molecule has 1 saturated heterocycles. The normalized spacial score (nSPS) is 21.4. The number of rotatable bonds is 4. The lowest BCUT2D eigenvalue weighted by Crippen LogP contribution is -2.42. The van der Waals surface area contributed by atoms with E-state index in [1.54, 1.807) is 7.05 Å². The molecule has 0 spiro atoms. The summed E-state index contributed by atoms with van der Waals surface area (Å²) in [5, 5.41) is 12.3. The van der Waals surface area contributed by atoms with Crippen molar-refractivity contribution < 1.29 is 13.5 Å². The van der Waals surface area contributed by atoms with Crippen LogP contribution in [0.25, 0.3) is 0 Å². The van der Waals surface area contributed by atoms with Crippen LogP contribution in [0.3, 0.4) is 0 Å². The predicted octanol–water partition coefficient (Wildman–Crippen LogP) is 1.05. The fourth-order valence-electron chi connectivity index (χ4n) is 2.49. The number of sulfonamides is 1. The van der Waals surface area contributed by atoms with E-state index < -0.39 is 10.0 Å². The molecule has 1 fully saturated rings. The molecular weight excluding hydrogens is 278 g/mol. The van der Waals surface area contributed by atoms with Crippen LogP contribution in [-0.2, 0) is 10.0 Å². The van der Waals surface area contributed by atoms with Gasteiger partial charge < -0.3 is 10.4 Å². The second kappa shape index (κ2) is 6.51. The number of hydrogen-bond donors (Lipinski definition) is 2. The molecule has 0 radical (unpaired) electrons. The summed E-state index contributed by atoms with van der Waals surface area (Å²) in [5.41, 5.74) is 0. The topological polar surface area (TPSA) is 82.5 Å². The molecule has 0 bridgehead atoms. The van der Waals surface area contributed by atoms with Gasteiger partial charge in [-0.3, -0.25) is 0 Å². The van der Waals surface area contributed by atoms with Gasteiger partial charge in [0.2, 0.25) is 10.0 Å². The van der Waals surface area contributed by atoms with Crippen LogP contribution in [-0.4, -0.2) is 49.1 Å². The van der Waals surface area contributed by atoms with Gasteiger partial charge in [0.15, 0.2) is 0 Å². The monoisotopic (exact) mass is 299 g/mol. The minimum atomic E-state index is -3.59. The fourth-order valence-corrected chi connectivity index (χ4v) is 4.19. The maximum absolute atomic E-state index is 12.7. The summed E-state index contributed by atoms with van der Waals surface area (Å²) in [5.74, 6) is 0.515. The average molecular weight is 299 g/mol. The molecule has 20 heavy (non-hydrogen) atoms. The summed E-state index contributed by atoms with van der Waals surface area (Å²) in [6.45, 7) is 0.327. The molecule has 7 heteroatoms. The Balaban J connectivity index is 2.35. The SMILES string of the molecule is CNc1cc(S(=O)(=O)N2CCCCCC2CO)ccn1. The molecule has 2 N–H and O–H groups in total.